The number of rotatable bonds is 4. The number of phenolic OH excluding ortho intramolecular Hbond substituents is 3. The molecule has 0 saturated carbocycles. The van der Waals surface area contributed by atoms with Gasteiger partial charge in [-0.2, -0.15) is 0 Å². The van der Waals surface area contributed by atoms with Gasteiger partial charge in [0.15, 0.2) is 11.5 Å². The molecule has 0 heterocycles. The lowest BCUT2D eigenvalue weighted by molar-refractivity contribution is -0.137. The molecule has 16 heavy (non-hydrogen) atoms. The number of hydrogen-bond acceptors (Lipinski definition) is 5. The van der Waals surface area contributed by atoms with Crippen molar-refractivity contribution in [3.63, 3.8) is 0 Å². The van der Waals surface area contributed by atoms with Crippen molar-refractivity contribution in [1.82, 2.24) is 0 Å². The first-order chi connectivity index (χ1) is 7.43. The molecule has 0 amide bonds. The van der Waals surface area contributed by atoms with Crippen LogP contribution < -0.4 is 5.73 Å². The second-order valence-electron chi connectivity index (χ2n) is 3.41. The van der Waals surface area contributed by atoms with Crippen LogP contribution in [0.2, 0.25) is 0 Å². The summed E-state index contributed by atoms with van der Waals surface area (Å²) in [6.45, 7) is 0. The van der Waals surface area contributed by atoms with Gasteiger partial charge in [-0.25, -0.2) is 0 Å². The molecular formula is C10H13NO5. The fourth-order valence-electron chi connectivity index (χ4n) is 1.32. The van der Waals surface area contributed by atoms with E-state index in [1.807, 2.05) is 0 Å². The predicted molar refractivity (Wildman–Crippen MR) is 55.2 cm³/mol. The first-order valence-corrected chi connectivity index (χ1v) is 4.64. The van der Waals surface area contributed by atoms with Gasteiger partial charge < -0.3 is 26.2 Å². The van der Waals surface area contributed by atoms with Gasteiger partial charge in [-0.3, -0.25) is 4.79 Å². The number of carbonyl (C=O) groups is 1. The smallest absolute Gasteiger partial charge is 0.303 e. The fraction of sp³-hybridized carbons (Fsp3) is 0.300. The van der Waals surface area contributed by atoms with Crippen LogP contribution >= 0.6 is 0 Å². The molecule has 0 saturated heterocycles. The Morgan fingerprint density at radius 1 is 1.25 bits per heavy atom. The minimum Gasteiger partial charge on any atom is -0.504 e. The molecule has 0 aliphatic rings. The third kappa shape index (κ3) is 2.54. The van der Waals surface area contributed by atoms with E-state index in [0.29, 0.717) is 0 Å². The monoisotopic (exact) mass is 227 g/mol. The average molecular weight is 227 g/mol. The van der Waals surface area contributed by atoms with E-state index in [-0.39, 0.29) is 18.4 Å². The molecular weight excluding hydrogens is 214 g/mol. The second kappa shape index (κ2) is 4.71. The van der Waals surface area contributed by atoms with Gasteiger partial charge in [0.1, 0.15) is 0 Å². The largest absolute Gasteiger partial charge is 0.504 e. The molecule has 0 aromatic heterocycles. The highest BCUT2D eigenvalue weighted by atomic mass is 16.4. The minimum atomic E-state index is -0.988. The number of carboxylic acids is 1. The minimum absolute atomic E-state index is 0.132. The molecule has 0 fully saturated rings. The van der Waals surface area contributed by atoms with E-state index in [2.05, 4.69) is 0 Å². The zero-order chi connectivity index (χ0) is 12.3. The molecule has 1 atom stereocenters. The summed E-state index contributed by atoms with van der Waals surface area (Å²) >= 11 is 0. The van der Waals surface area contributed by atoms with Crippen molar-refractivity contribution < 1.29 is 25.2 Å². The highest BCUT2D eigenvalue weighted by Crippen LogP contribution is 2.39. The molecule has 6 N–H and O–H groups in total. The van der Waals surface area contributed by atoms with E-state index in [9.17, 15) is 15.0 Å². The van der Waals surface area contributed by atoms with Crippen LogP contribution in [0.15, 0.2) is 12.1 Å². The predicted octanol–water partition coefficient (Wildman–Crippen LogP) is 0.668. The zero-order valence-corrected chi connectivity index (χ0v) is 8.42. The lowest BCUT2D eigenvalue weighted by Gasteiger charge is -2.13. The summed E-state index contributed by atoms with van der Waals surface area (Å²) in [6.07, 6.45) is -0.00461. The maximum Gasteiger partial charge on any atom is 0.303 e. The molecule has 0 aliphatic heterocycles. The van der Waals surface area contributed by atoms with Crippen LogP contribution in [0.4, 0.5) is 0 Å². The van der Waals surface area contributed by atoms with Crippen LogP contribution in [0.3, 0.4) is 0 Å². The second-order valence-corrected chi connectivity index (χ2v) is 3.41. The first-order valence-electron chi connectivity index (χ1n) is 4.64. The van der Waals surface area contributed by atoms with E-state index in [1.165, 1.54) is 12.1 Å². The molecule has 88 valence electrons. The van der Waals surface area contributed by atoms with Crippen LogP contribution in [0, 0.1) is 0 Å². The summed E-state index contributed by atoms with van der Waals surface area (Å²) in [5.41, 5.74) is 5.85. The van der Waals surface area contributed by atoms with Gasteiger partial charge in [0.2, 0.25) is 5.75 Å². The topological polar surface area (TPSA) is 124 Å². The van der Waals surface area contributed by atoms with Gasteiger partial charge in [-0.1, -0.05) is 0 Å². The van der Waals surface area contributed by atoms with E-state index < -0.39 is 29.3 Å². The van der Waals surface area contributed by atoms with E-state index in [1.54, 1.807) is 0 Å². The summed E-state index contributed by atoms with van der Waals surface area (Å²) in [5.74, 6) is -2.61. The molecule has 0 radical (unpaired) electrons. The molecule has 1 rings (SSSR count). The van der Waals surface area contributed by atoms with Crippen LogP contribution in [-0.2, 0) is 4.79 Å². The maximum atomic E-state index is 10.3. The number of carboxylic acid groups (broad SMARTS) is 1. The Morgan fingerprint density at radius 2 is 1.88 bits per heavy atom. The molecule has 1 aromatic rings. The number of nitrogens with two attached hydrogens (primary N) is 1. The molecule has 0 bridgehead atoms. The number of hydrogen-bond donors (Lipinski definition) is 5. The van der Waals surface area contributed by atoms with Gasteiger partial charge >= 0.3 is 5.97 Å². The number of aromatic hydroxyl groups is 3. The summed E-state index contributed by atoms with van der Waals surface area (Å²) < 4.78 is 0. The van der Waals surface area contributed by atoms with Crippen LogP contribution in [0.1, 0.15) is 24.4 Å². The summed E-state index contributed by atoms with van der Waals surface area (Å²) in [6, 6.07) is 1.82. The van der Waals surface area contributed by atoms with Gasteiger partial charge in [0.25, 0.3) is 0 Å². The zero-order valence-electron chi connectivity index (χ0n) is 8.42. The Bertz CT molecular complexity index is 404. The highest BCUT2D eigenvalue weighted by Gasteiger charge is 2.17. The Balaban J connectivity index is 2.87. The molecule has 0 spiro atoms. The normalized spacial score (nSPS) is 12.3. The third-order valence-electron chi connectivity index (χ3n) is 2.23. The lowest BCUT2D eigenvalue weighted by Crippen LogP contribution is -2.12. The van der Waals surface area contributed by atoms with E-state index in [4.69, 9.17) is 15.9 Å². The van der Waals surface area contributed by atoms with Crippen molar-refractivity contribution in [3.8, 4) is 17.2 Å². The van der Waals surface area contributed by atoms with Gasteiger partial charge in [-0.05, 0) is 18.6 Å². The van der Waals surface area contributed by atoms with Crippen molar-refractivity contribution in [1.29, 1.82) is 0 Å². The number of benzene rings is 1. The summed E-state index contributed by atoms with van der Waals surface area (Å²) in [7, 11) is 0. The Morgan fingerprint density at radius 3 is 2.44 bits per heavy atom. The van der Waals surface area contributed by atoms with Crippen LogP contribution in [0.5, 0.6) is 17.2 Å². The number of aliphatic carboxylic acids is 1. The van der Waals surface area contributed by atoms with Crippen molar-refractivity contribution >= 4 is 5.97 Å². The summed E-state index contributed by atoms with van der Waals surface area (Å²) in [5, 5.41) is 36.3. The van der Waals surface area contributed by atoms with Gasteiger partial charge in [0, 0.05) is 18.0 Å². The van der Waals surface area contributed by atoms with Crippen LogP contribution in [0.25, 0.3) is 0 Å². The van der Waals surface area contributed by atoms with Gasteiger partial charge in [0.05, 0.1) is 0 Å². The van der Waals surface area contributed by atoms with E-state index in [0.717, 1.165) is 0 Å². The van der Waals surface area contributed by atoms with Crippen molar-refractivity contribution in [2.45, 2.75) is 18.9 Å². The van der Waals surface area contributed by atoms with Crippen LogP contribution in [-0.4, -0.2) is 26.4 Å². The SMILES string of the molecule is NC(CCC(=O)O)c1ccc(O)c(O)c1O. The molecule has 6 heteroatoms. The fourth-order valence-corrected chi connectivity index (χ4v) is 1.32. The number of phenols is 3. The Labute approximate surface area is 91.6 Å². The van der Waals surface area contributed by atoms with Gasteiger partial charge in [-0.15, -0.1) is 0 Å². The Hall–Kier alpha value is -1.95. The third-order valence-corrected chi connectivity index (χ3v) is 2.23. The maximum absolute atomic E-state index is 10.3. The van der Waals surface area contributed by atoms with E-state index >= 15 is 0 Å². The quantitative estimate of drug-likeness (QED) is 0.481. The van der Waals surface area contributed by atoms with Crippen molar-refractivity contribution in [2.75, 3.05) is 0 Å². The summed E-state index contributed by atoms with van der Waals surface area (Å²) in [4.78, 5) is 10.3. The first kappa shape index (κ1) is 12.1. The molecule has 1 unspecified atom stereocenters. The average Bonchev–Trinajstić information content (AvgIpc) is 2.23. The standard InChI is InChI=1S/C10H13NO5/c11-6(2-4-8(13)14)5-1-3-7(12)10(16)9(5)15/h1,3,6,12,15-16H,2,4,11H2,(H,13,14). The molecule has 6 nitrogen and oxygen atoms in total. The molecule has 1 aromatic carbocycles. The lowest BCUT2D eigenvalue weighted by atomic mass is 10.0. The molecule has 0 aliphatic carbocycles. The highest BCUT2D eigenvalue weighted by molar-refractivity contribution is 5.66. The Kier molecular flexibility index (Phi) is 3.57. The van der Waals surface area contributed by atoms with Crippen molar-refractivity contribution in [2.24, 2.45) is 5.73 Å². The van der Waals surface area contributed by atoms with Crippen molar-refractivity contribution in [3.05, 3.63) is 17.7 Å².